The van der Waals surface area contributed by atoms with E-state index >= 15 is 0 Å². The minimum Gasteiger partial charge on any atom is -0.489 e. The third-order valence-corrected chi connectivity index (χ3v) is 3.37. The average Bonchev–Trinajstić information content (AvgIpc) is 2.65. The van der Waals surface area contributed by atoms with Crippen molar-refractivity contribution >= 4 is 12.2 Å². The number of aromatic amines is 1. The first-order valence-electron chi connectivity index (χ1n) is 7.70. The number of anilines is 1. The highest BCUT2D eigenvalue weighted by Crippen LogP contribution is 2.13. The van der Waals surface area contributed by atoms with Gasteiger partial charge in [-0.2, -0.15) is 5.10 Å². The van der Waals surface area contributed by atoms with E-state index in [2.05, 4.69) is 25.7 Å². The molecule has 0 radical (unpaired) electrons. The fourth-order valence-corrected chi connectivity index (χ4v) is 2.00. The number of H-pyrrole nitrogens is 1. The molecule has 0 atom stereocenters. The van der Waals surface area contributed by atoms with E-state index in [0.717, 1.165) is 16.9 Å². The second-order valence-corrected chi connectivity index (χ2v) is 5.30. The summed E-state index contributed by atoms with van der Waals surface area (Å²) in [5.41, 5.74) is 4.63. The number of ether oxygens (including phenoxy) is 1. The Bertz CT molecular complexity index is 905. The van der Waals surface area contributed by atoms with Crippen molar-refractivity contribution in [2.75, 3.05) is 5.43 Å². The van der Waals surface area contributed by atoms with Crippen LogP contribution >= 0.6 is 0 Å². The Balaban J connectivity index is 1.55. The van der Waals surface area contributed by atoms with Crippen molar-refractivity contribution in [3.63, 3.8) is 0 Å². The zero-order chi connectivity index (χ0) is 17.5. The Morgan fingerprint density at radius 1 is 1.12 bits per heavy atom. The molecule has 1 aromatic heterocycles. The largest absolute Gasteiger partial charge is 0.489 e. The van der Waals surface area contributed by atoms with Gasteiger partial charge in [0.15, 0.2) is 0 Å². The van der Waals surface area contributed by atoms with Gasteiger partial charge in [0.25, 0.3) is 5.56 Å². The lowest BCUT2D eigenvalue weighted by Crippen LogP contribution is -2.15. The zero-order valence-electron chi connectivity index (χ0n) is 13.6. The molecule has 3 rings (SSSR count). The van der Waals surface area contributed by atoms with E-state index in [0.29, 0.717) is 12.3 Å². The molecule has 126 valence electrons. The third kappa shape index (κ3) is 4.74. The first-order valence-corrected chi connectivity index (χ1v) is 7.70. The number of nitrogens with zero attached hydrogens (tertiary/aromatic N) is 3. The van der Waals surface area contributed by atoms with Crippen molar-refractivity contribution in [2.45, 2.75) is 13.5 Å². The molecule has 0 unspecified atom stereocenters. The lowest BCUT2D eigenvalue weighted by molar-refractivity contribution is 0.306. The van der Waals surface area contributed by atoms with Gasteiger partial charge in [0.2, 0.25) is 5.95 Å². The summed E-state index contributed by atoms with van der Waals surface area (Å²) in [6.45, 7) is 2.11. The number of rotatable bonds is 6. The molecule has 0 amide bonds. The van der Waals surface area contributed by atoms with Crippen LogP contribution in [-0.4, -0.2) is 21.4 Å². The third-order valence-electron chi connectivity index (χ3n) is 3.37. The highest BCUT2D eigenvalue weighted by molar-refractivity contribution is 5.80. The molecular weight excluding hydrogens is 318 g/mol. The van der Waals surface area contributed by atoms with E-state index in [1.54, 1.807) is 13.1 Å². The summed E-state index contributed by atoms with van der Waals surface area (Å²) in [6, 6.07) is 17.5. The Morgan fingerprint density at radius 3 is 2.60 bits per heavy atom. The first-order chi connectivity index (χ1) is 12.2. The summed E-state index contributed by atoms with van der Waals surface area (Å²) in [5.74, 6) is 0.970. The number of benzene rings is 2. The number of hydrazone groups is 1. The number of hydrogen-bond acceptors (Lipinski definition) is 6. The molecule has 0 saturated heterocycles. The van der Waals surface area contributed by atoms with Crippen LogP contribution in [0.4, 0.5) is 5.95 Å². The van der Waals surface area contributed by atoms with Gasteiger partial charge in [-0.05, 0) is 42.3 Å². The maximum Gasteiger partial charge on any atom is 0.274 e. The Hall–Kier alpha value is -3.48. The van der Waals surface area contributed by atoms with Gasteiger partial charge in [0.1, 0.15) is 18.1 Å². The standard InChI is InChI=1S/C18H17N5O2/c1-13-17(24)20-18(23-21-13)22-19-11-14-7-9-16(10-8-14)25-12-15-5-3-2-4-6-15/h2-11H,12H2,1H3,(H2,20,22,23,24). The quantitative estimate of drug-likeness (QED) is 0.533. The van der Waals surface area contributed by atoms with E-state index in [-0.39, 0.29) is 11.5 Å². The molecule has 7 heteroatoms. The lowest BCUT2D eigenvalue weighted by Gasteiger charge is -2.06. The predicted molar refractivity (Wildman–Crippen MR) is 95.8 cm³/mol. The topological polar surface area (TPSA) is 92.3 Å². The van der Waals surface area contributed by atoms with E-state index in [4.69, 9.17) is 4.74 Å². The molecule has 0 spiro atoms. The smallest absolute Gasteiger partial charge is 0.274 e. The van der Waals surface area contributed by atoms with Gasteiger partial charge in [0.05, 0.1) is 6.21 Å². The molecule has 0 aliphatic carbocycles. The van der Waals surface area contributed by atoms with Gasteiger partial charge in [-0.1, -0.05) is 30.3 Å². The molecule has 0 aliphatic heterocycles. The van der Waals surface area contributed by atoms with Crippen LogP contribution in [0.25, 0.3) is 0 Å². The molecular formula is C18H17N5O2. The average molecular weight is 335 g/mol. The number of aromatic nitrogens is 3. The summed E-state index contributed by atoms with van der Waals surface area (Å²) >= 11 is 0. The highest BCUT2D eigenvalue weighted by atomic mass is 16.5. The minimum absolute atomic E-state index is 0.190. The van der Waals surface area contributed by atoms with Crippen molar-refractivity contribution in [1.82, 2.24) is 15.2 Å². The van der Waals surface area contributed by atoms with Gasteiger partial charge in [-0.15, -0.1) is 10.2 Å². The van der Waals surface area contributed by atoms with Crippen LogP contribution < -0.4 is 15.7 Å². The molecule has 2 N–H and O–H groups in total. The normalized spacial score (nSPS) is 10.8. The van der Waals surface area contributed by atoms with Crippen LogP contribution in [0.3, 0.4) is 0 Å². The monoisotopic (exact) mass is 335 g/mol. The summed E-state index contributed by atoms with van der Waals surface area (Å²) in [4.78, 5) is 13.9. The Kier molecular flexibility index (Phi) is 5.16. The van der Waals surface area contributed by atoms with Crippen LogP contribution in [0.2, 0.25) is 0 Å². The molecule has 7 nitrogen and oxygen atoms in total. The number of nitrogens with one attached hydrogen (secondary N) is 2. The zero-order valence-corrected chi connectivity index (χ0v) is 13.6. The Morgan fingerprint density at radius 2 is 1.88 bits per heavy atom. The SMILES string of the molecule is Cc1nnc(NN=Cc2ccc(OCc3ccccc3)cc2)[nH]c1=O. The van der Waals surface area contributed by atoms with Gasteiger partial charge >= 0.3 is 0 Å². The van der Waals surface area contributed by atoms with Crippen LogP contribution in [0.15, 0.2) is 64.5 Å². The number of aryl methyl sites for hydroxylation is 1. The number of hydrogen-bond donors (Lipinski definition) is 2. The fourth-order valence-electron chi connectivity index (χ4n) is 2.00. The van der Waals surface area contributed by atoms with Crippen molar-refractivity contribution in [3.8, 4) is 5.75 Å². The van der Waals surface area contributed by atoms with Gasteiger partial charge in [-0.3, -0.25) is 9.78 Å². The highest BCUT2D eigenvalue weighted by Gasteiger charge is 1.98. The van der Waals surface area contributed by atoms with Crippen LogP contribution in [-0.2, 0) is 6.61 Å². The van der Waals surface area contributed by atoms with Crippen LogP contribution in [0.5, 0.6) is 5.75 Å². The molecule has 3 aromatic rings. The second kappa shape index (κ2) is 7.87. The summed E-state index contributed by atoms with van der Waals surface area (Å²) < 4.78 is 5.73. The molecule has 2 aromatic carbocycles. The van der Waals surface area contributed by atoms with Crippen LogP contribution in [0.1, 0.15) is 16.8 Å². The molecule has 1 heterocycles. The maximum absolute atomic E-state index is 11.4. The fraction of sp³-hybridized carbons (Fsp3) is 0.111. The molecule has 0 aliphatic rings. The van der Waals surface area contributed by atoms with E-state index in [9.17, 15) is 4.79 Å². The summed E-state index contributed by atoms with van der Waals surface area (Å²) in [5, 5.41) is 11.5. The Labute approximate surface area is 144 Å². The summed E-state index contributed by atoms with van der Waals surface area (Å²) in [7, 11) is 0. The molecule has 0 fully saturated rings. The molecule has 0 saturated carbocycles. The van der Waals surface area contributed by atoms with Crippen LogP contribution in [0, 0.1) is 6.92 Å². The van der Waals surface area contributed by atoms with Crippen molar-refractivity contribution in [2.24, 2.45) is 5.10 Å². The lowest BCUT2D eigenvalue weighted by atomic mass is 10.2. The molecule has 25 heavy (non-hydrogen) atoms. The second-order valence-electron chi connectivity index (χ2n) is 5.30. The van der Waals surface area contributed by atoms with E-state index < -0.39 is 0 Å². The summed E-state index contributed by atoms with van der Waals surface area (Å²) in [6.07, 6.45) is 1.61. The predicted octanol–water partition coefficient (Wildman–Crippen LogP) is 2.50. The van der Waals surface area contributed by atoms with E-state index in [1.165, 1.54) is 0 Å². The van der Waals surface area contributed by atoms with Gasteiger partial charge < -0.3 is 4.74 Å². The van der Waals surface area contributed by atoms with Crippen molar-refractivity contribution in [1.29, 1.82) is 0 Å². The maximum atomic E-state index is 11.4. The van der Waals surface area contributed by atoms with Gasteiger partial charge in [-0.25, -0.2) is 5.43 Å². The minimum atomic E-state index is -0.299. The molecule has 0 bridgehead atoms. The van der Waals surface area contributed by atoms with Crippen molar-refractivity contribution in [3.05, 3.63) is 81.8 Å². The van der Waals surface area contributed by atoms with Crippen molar-refractivity contribution < 1.29 is 4.74 Å². The van der Waals surface area contributed by atoms with E-state index in [1.807, 2.05) is 54.6 Å². The first kappa shape index (κ1) is 16.4. The van der Waals surface area contributed by atoms with Gasteiger partial charge in [0, 0.05) is 0 Å².